The molecule has 3 unspecified atom stereocenters. The highest BCUT2D eigenvalue weighted by atomic mass is 15.1. The summed E-state index contributed by atoms with van der Waals surface area (Å²) in [5.41, 5.74) is 7.05. The van der Waals surface area contributed by atoms with Gasteiger partial charge in [0.2, 0.25) is 0 Å². The van der Waals surface area contributed by atoms with E-state index in [2.05, 4.69) is 22.4 Å². The Balaban J connectivity index is 1.92. The molecule has 0 spiro atoms. The lowest BCUT2D eigenvalue weighted by molar-refractivity contribution is 0.252. The number of hydrogen-bond donors (Lipinski definition) is 3. The molecule has 1 heterocycles. The van der Waals surface area contributed by atoms with E-state index < -0.39 is 0 Å². The topological polar surface area (TPSA) is 66.7 Å². The first-order valence-corrected chi connectivity index (χ1v) is 6.26. The minimum absolute atomic E-state index is 0.357. The zero-order valence-electron chi connectivity index (χ0n) is 9.95. The molecule has 4 heteroatoms. The SMILES string of the molecule is CC(NC1CCCCC1CN)c1cn[nH]c1. The molecule has 0 aromatic carbocycles. The summed E-state index contributed by atoms with van der Waals surface area (Å²) < 4.78 is 0. The molecule has 2 rings (SSSR count). The van der Waals surface area contributed by atoms with Gasteiger partial charge in [0.15, 0.2) is 0 Å². The molecule has 90 valence electrons. The summed E-state index contributed by atoms with van der Waals surface area (Å²) in [7, 11) is 0. The molecule has 1 fully saturated rings. The number of aromatic nitrogens is 2. The fraction of sp³-hybridized carbons (Fsp3) is 0.750. The molecule has 0 saturated heterocycles. The van der Waals surface area contributed by atoms with Gasteiger partial charge in [0.05, 0.1) is 6.20 Å². The first-order chi connectivity index (χ1) is 7.81. The third-order valence-electron chi connectivity index (χ3n) is 3.70. The van der Waals surface area contributed by atoms with Crippen molar-refractivity contribution < 1.29 is 0 Å². The standard InChI is InChI=1S/C12H22N4/c1-9(11-7-14-15-8-11)16-12-5-3-2-4-10(12)6-13/h7-10,12,16H,2-6,13H2,1H3,(H,14,15). The van der Waals surface area contributed by atoms with Gasteiger partial charge in [0.25, 0.3) is 0 Å². The van der Waals surface area contributed by atoms with Crippen molar-refractivity contribution in [2.75, 3.05) is 6.54 Å². The van der Waals surface area contributed by atoms with Crippen LogP contribution in [0.1, 0.15) is 44.2 Å². The zero-order valence-corrected chi connectivity index (χ0v) is 9.95. The molecule has 1 saturated carbocycles. The summed E-state index contributed by atoms with van der Waals surface area (Å²) in [6.07, 6.45) is 9.03. The smallest absolute Gasteiger partial charge is 0.0534 e. The number of hydrogen-bond acceptors (Lipinski definition) is 3. The highest BCUT2D eigenvalue weighted by Crippen LogP contribution is 2.25. The van der Waals surface area contributed by atoms with Crippen molar-refractivity contribution >= 4 is 0 Å². The van der Waals surface area contributed by atoms with E-state index in [0.29, 0.717) is 18.0 Å². The van der Waals surface area contributed by atoms with Crippen LogP contribution in [0.3, 0.4) is 0 Å². The lowest BCUT2D eigenvalue weighted by Crippen LogP contribution is -2.42. The van der Waals surface area contributed by atoms with Gasteiger partial charge in [0, 0.05) is 23.8 Å². The second kappa shape index (κ2) is 5.46. The normalized spacial score (nSPS) is 27.9. The average Bonchev–Trinajstić information content (AvgIpc) is 2.83. The lowest BCUT2D eigenvalue weighted by atomic mass is 9.84. The van der Waals surface area contributed by atoms with E-state index >= 15 is 0 Å². The van der Waals surface area contributed by atoms with Crippen molar-refractivity contribution in [2.24, 2.45) is 11.7 Å². The molecular weight excluding hydrogens is 200 g/mol. The Labute approximate surface area is 97.0 Å². The Morgan fingerprint density at radius 1 is 1.56 bits per heavy atom. The predicted octanol–water partition coefficient (Wildman–Crippen LogP) is 1.58. The molecule has 1 aromatic heterocycles. The highest BCUT2D eigenvalue weighted by molar-refractivity contribution is 5.08. The first-order valence-electron chi connectivity index (χ1n) is 6.26. The van der Waals surface area contributed by atoms with E-state index in [1.807, 2.05) is 12.4 Å². The number of H-pyrrole nitrogens is 1. The van der Waals surface area contributed by atoms with Crippen molar-refractivity contribution in [3.05, 3.63) is 18.0 Å². The van der Waals surface area contributed by atoms with Gasteiger partial charge in [-0.2, -0.15) is 5.10 Å². The summed E-state index contributed by atoms with van der Waals surface area (Å²) in [5.74, 6) is 0.642. The van der Waals surface area contributed by atoms with Crippen molar-refractivity contribution in [3.63, 3.8) is 0 Å². The lowest BCUT2D eigenvalue weighted by Gasteiger charge is -2.33. The maximum Gasteiger partial charge on any atom is 0.0534 e. The van der Waals surface area contributed by atoms with E-state index in [9.17, 15) is 0 Å². The quantitative estimate of drug-likeness (QED) is 0.724. The number of nitrogens with two attached hydrogens (primary N) is 1. The fourth-order valence-corrected chi connectivity index (χ4v) is 2.62. The maximum atomic E-state index is 5.83. The van der Waals surface area contributed by atoms with Gasteiger partial charge in [0.1, 0.15) is 0 Å². The van der Waals surface area contributed by atoms with Gasteiger partial charge in [-0.05, 0) is 32.2 Å². The van der Waals surface area contributed by atoms with Crippen LogP contribution in [0.5, 0.6) is 0 Å². The molecular formula is C12H22N4. The first kappa shape index (κ1) is 11.6. The molecule has 0 aliphatic heterocycles. The summed E-state index contributed by atoms with van der Waals surface area (Å²) in [5, 5.41) is 10.5. The summed E-state index contributed by atoms with van der Waals surface area (Å²) >= 11 is 0. The van der Waals surface area contributed by atoms with Crippen LogP contribution in [0.2, 0.25) is 0 Å². The molecule has 1 aromatic rings. The largest absolute Gasteiger partial charge is 0.330 e. The second-order valence-electron chi connectivity index (χ2n) is 4.81. The van der Waals surface area contributed by atoms with Gasteiger partial charge < -0.3 is 11.1 Å². The van der Waals surface area contributed by atoms with E-state index in [1.165, 1.54) is 31.2 Å². The van der Waals surface area contributed by atoms with Gasteiger partial charge >= 0.3 is 0 Å². The summed E-state index contributed by atoms with van der Waals surface area (Å²) in [6.45, 7) is 2.99. The predicted molar refractivity (Wildman–Crippen MR) is 64.9 cm³/mol. The Morgan fingerprint density at radius 3 is 3.06 bits per heavy atom. The average molecular weight is 222 g/mol. The minimum atomic E-state index is 0.357. The van der Waals surface area contributed by atoms with Crippen molar-refractivity contribution in [1.29, 1.82) is 0 Å². The van der Waals surface area contributed by atoms with Crippen LogP contribution in [0.15, 0.2) is 12.4 Å². The van der Waals surface area contributed by atoms with Crippen LogP contribution in [0, 0.1) is 5.92 Å². The number of aromatic amines is 1. The maximum absolute atomic E-state index is 5.83. The molecule has 1 aliphatic carbocycles. The van der Waals surface area contributed by atoms with Crippen molar-refractivity contribution in [2.45, 2.75) is 44.7 Å². The van der Waals surface area contributed by atoms with Crippen LogP contribution in [0.4, 0.5) is 0 Å². The van der Waals surface area contributed by atoms with E-state index in [4.69, 9.17) is 5.73 Å². The summed E-state index contributed by atoms with van der Waals surface area (Å²) in [4.78, 5) is 0. The summed E-state index contributed by atoms with van der Waals surface area (Å²) in [6, 6.07) is 0.930. The Morgan fingerprint density at radius 2 is 2.38 bits per heavy atom. The van der Waals surface area contributed by atoms with Crippen LogP contribution in [-0.4, -0.2) is 22.8 Å². The molecule has 3 atom stereocenters. The Bertz CT molecular complexity index is 296. The molecule has 0 amide bonds. The van der Waals surface area contributed by atoms with Gasteiger partial charge in [-0.15, -0.1) is 0 Å². The van der Waals surface area contributed by atoms with Crippen LogP contribution in [0.25, 0.3) is 0 Å². The van der Waals surface area contributed by atoms with Gasteiger partial charge in [-0.1, -0.05) is 12.8 Å². The Kier molecular flexibility index (Phi) is 3.96. The molecule has 16 heavy (non-hydrogen) atoms. The highest BCUT2D eigenvalue weighted by Gasteiger charge is 2.25. The third-order valence-corrected chi connectivity index (χ3v) is 3.70. The minimum Gasteiger partial charge on any atom is -0.330 e. The van der Waals surface area contributed by atoms with E-state index in [-0.39, 0.29) is 0 Å². The van der Waals surface area contributed by atoms with Crippen LogP contribution < -0.4 is 11.1 Å². The number of nitrogens with one attached hydrogen (secondary N) is 2. The molecule has 0 radical (unpaired) electrons. The third kappa shape index (κ3) is 2.62. The van der Waals surface area contributed by atoms with Crippen molar-refractivity contribution in [1.82, 2.24) is 15.5 Å². The fourth-order valence-electron chi connectivity index (χ4n) is 2.62. The Hall–Kier alpha value is -0.870. The molecule has 4 N–H and O–H groups in total. The zero-order chi connectivity index (χ0) is 11.4. The van der Waals surface area contributed by atoms with Crippen LogP contribution in [-0.2, 0) is 0 Å². The monoisotopic (exact) mass is 222 g/mol. The second-order valence-corrected chi connectivity index (χ2v) is 4.81. The van der Waals surface area contributed by atoms with Gasteiger partial charge in [-0.25, -0.2) is 0 Å². The number of rotatable bonds is 4. The van der Waals surface area contributed by atoms with Crippen LogP contribution >= 0.6 is 0 Å². The molecule has 4 nitrogen and oxygen atoms in total. The molecule has 1 aliphatic rings. The van der Waals surface area contributed by atoms with E-state index in [1.54, 1.807) is 0 Å². The van der Waals surface area contributed by atoms with E-state index in [0.717, 1.165) is 6.54 Å². The van der Waals surface area contributed by atoms with Gasteiger partial charge in [-0.3, -0.25) is 5.10 Å². The molecule has 0 bridgehead atoms. The van der Waals surface area contributed by atoms with Crippen molar-refractivity contribution in [3.8, 4) is 0 Å². The number of nitrogens with zero attached hydrogens (tertiary/aromatic N) is 1.